The summed E-state index contributed by atoms with van der Waals surface area (Å²) < 4.78 is 0. The minimum atomic E-state index is -0.155. The van der Waals surface area contributed by atoms with Crippen molar-refractivity contribution in [3.63, 3.8) is 0 Å². The van der Waals surface area contributed by atoms with E-state index in [1.54, 1.807) is 0 Å². The summed E-state index contributed by atoms with van der Waals surface area (Å²) in [6.45, 7) is 10.0. The summed E-state index contributed by atoms with van der Waals surface area (Å²) in [4.78, 5) is 13.8. The quantitative estimate of drug-likeness (QED) is 0.739. The first-order valence-electron chi connectivity index (χ1n) is 5.76. The molecule has 1 rings (SSSR count). The number of carbonyl (C=O) groups is 1. The minimum Gasteiger partial charge on any atom is -0.337 e. The predicted molar refractivity (Wildman–Crippen MR) is 62.0 cm³/mol. The van der Waals surface area contributed by atoms with Gasteiger partial charge < -0.3 is 15.5 Å². The van der Waals surface area contributed by atoms with E-state index in [0.29, 0.717) is 0 Å². The van der Waals surface area contributed by atoms with E-state index in [0.717, 1.165) is 13.1 Å². The van der Waals surface area contributed by atoms with Crippen LogP contribution in [0.3, 0.4) is 0 Å². The van der Waals surface area contributed by atoms with Crippen LogP contribution in [0.2, 0.25) is 0 Å². The molecule has 1 aliphatic heterocycles. The van der Waals surface area contributed by atoms with Gasteiger partial charge in [0.15, 0.2) is 0 Å². The Kier molecular flexibility index (Phi) is 4.39. The summed E-state index contributed by atoms with van der Waals surface area (Å²) in [5, 5.41) is 5.75. The van der Waals surface area contributed by atoms with E-state index in [1.165, 1.54) is 25.9 Å². The van der Waals surface area contributed by atoms with Crippen molar-refractivity contribution in [1.29, 1.82) is 0 Å². The van der Waals surface area contributed by atoms with Crippen molar-refractivity contribution in [3.05, 3.63) is 0 Å². The first-order valence-corrected chi connectivity index (χ1v) is 5.76. The highest BCUT2D eigenvalue weighted by Crippen LogP contribution is 2.05. The monoisotopic (exact) mass is 213 g/mol. The zero-order chi connectivity index (χ0) is 11.3. The smallest absolute Gasteiger partial charge is 0.315 e. The average molecular weight is 213 g/mol. The molecule has 0 aliphatic carbocycles. The van der Waals surface area contributed by atoms with Gasteiger partial charge >= 0.3 is 6.03 Å². The Hall–Kier alpha value is -0.770. The molecule has 0 aromatic heterocycles. The molecular formula is C11H23N3O. The van der Waals surface area contributed by atoms with Gasteiger partial charge in [0, 0.05) is 18.6 Å². The molecule has 1 aliphatic rings. The third-order valence-electron chi connectivity index (χ3n) is 2.40. The molecule has 0 atom stereocenters. The summed E-state index contributed by atoms with van der Waals surface area (Å²) in [5.74, 6) is 0. The second kappa shape index (κ2) is 5.35. The Labute approximate surface area is 92.4 Å². The lowest BCUT2D eigenvalue weighted by molar-refractivity contribution is 0.229. The molecule has 0 bridgehead atoms. The van der Waals surface area contributed by atoms with Crippen molar-refractivity contribution in [2.24, 2.45) is 0 Å². The number of urea groups is 1. The first-order chi connectivity index (χ1) is 6.97. The highest BCUT2D eigenvalue weighted by Gasteiger charge is 2.14. The van der Waals surface area contributed by atoms with Gasteiger partial charge in [-0.15, -0.1) is 0 Å². The normalized spacial score (nSPS) is 17.8. The molecule has 0 spiro atoms. The van der Waals surface area contributed by atoms with E-state index in [1.807, 2.05) is 20.8 Å². The van der Waals surface area contributed by atoms with Crippen molar-refractivity contribution < 1.29 is 4.79 Å². The molecule has 1 fully saturated rings. The van der Waals surface area contributed by atoms with Crippen molar-refractivity contribution >= 4 is 6.03 Å². The third kappa shape index (κ3) is 5.62. The fourth-order valence-corrected chi connectivity index (χ4v) is 1.72. The Morgan fingerprint density at radius 2 is 1.87 bits per heavy atom. The molecule has 2 amide bonds. The highest BCUT2D eigenvalue weighted by atomic mass is 16.2. The van der Waals surface area contributed by atoms with Crippen LogP contribution in [0.15, 0.2) is 0 Å². The Morgan fingerprint density at radius 1 is 1.27 bits per heavy atom. The van der Waals surface area contributed by atoms with Gasteiger partial charge in [-0.25, -0.2) is 4.79 Å². The van der Waals surface area contributed by atoms with Gasteiger partial charge in [-0.1, -0.05) is 0 Å². The van der Waals surface area contributed by atoms with Crippen LogP contribution in [0, 0.1) is 0 Å². The van der Waals surface area contributed by atoms with Crippen LogP contribution in [0.4, 0.5) is 4.79 Å². The second-order valence-electron chi connectivity index (χ2n) is 5.18. The van der Waals surface area contributed by atoms with E-state index in [-0.39, 0.29) is 11.6 Å². The van der Waals surface area contributed by atoms with Crippen LogP contribution >= 0.6 is 0 Å². The molecule has 15 heavy (non-hydrogen) atoms. The van der Waals surface area contributed by atoms with Crippen LogP contribution in [0.5, 0.6) is 0 Å². The van der Waals surface area contributed by atoms with Crippen LogP contribution in [0.25, 0.3) is 0 Å². The van der Waals surface area contributed by atoms with Crippen molar-refractivity contribution in [2.45, 2.75) is 39.2 Å². The van der Waals surface area contributed by atoms with E-state index in [2.05, 4.69) is 15.5 Å². The van der Waals surface area contributed by atoms with Crippen LogP contribution in [-0.4, -0.2) is 42.6 Å². The zero-order valence-corrected chi connectivity index (χ0v) is 10.1. The van der Waals surface area contributed by atoms with Gasteiger partial charge in [-0.2, -0.15) is 0 Å². The number of carbonyl (C=O) groups excluding carboxylic acids is 1. The second-order valence-corrected chi connectivity index (χ2v) is 5.18. The van der Waals surface area contributed by atoms with Gasteiger partial charge in [0.25, 0.3) is 0 Å². The molecule has 4 nitrogen and oxygen atoms in total. The number of nitrogens with zero attached hydrogens (tertiary/aromatic N) is 1. The Balaban J connectivity index is 2.06. The van der Waals surface area contributed by atoms with Crippen LogP contribution in [0.1, 0.15) is 33.6 Å². The lowest BCUT2D eigenvalue weighted by atomic mass is 10.1. The maximum absolute atomic E-state index is 11.4. The van der Waals surface area contributed by atoms with Crippen molar-refractivity contribution in [3.8, 4) is 0 Å². The summed E-state index contributed by atoms with van der Waals surface area (Å²) >= 11 is 0. The molecule has 0 radical (unpaired) electrons. The lowest BCUT2D eigenvalue weighted by Gasteiger charge is -2.21. The molecule has 0 aromatic rings. The van der Waals surface area contributed by atoms with Crippen molar-refractivity contribution in [1.82, 2.24) is 15.5 Å². The lowest BCUT2D eigenvalue weighted by Crippen LogP contribution is -2.47. The SMILES string of the molecule is CC(C)(C)NC(=O)NCCN1CCCC1. The van der Waals surface area contributed by atoms with Gasteiger partial charge in [-0.05, 0) is 46.7 Å². The van der Waals surface area contributed by atoms with Crippen molar-refractivity contribution in [2.75, 3.05) is 26.2 Å². The zero-order valence-electron chi connectivity index (χ0n) is 10.1. The number of amides is 2. The predicted octanol–water partition coefficient (Wildman–Crippen LogP) is 1.18. The molecule has 1 saturated heterocycles. The fraction of sp³-hybridized carbons (Fsp3) is 0.909. The van der Waals surface area contributed by atoms with E-state index in [4.69, 9.17) is 0 Å². The standard InChI is InChI=1S/C11H23N3O/c1-11(2,3)13-10(15)12-6-9-14-7-4-5-8-14/h4-9H2,1-3H3,(H2,12,13,15). The molecule has 2 N–H and O–H groups in total. The molecule has 0 saturated carbocycles. The molecule has 0 aromatic carbocycles. The van der Waals surface area contributed by atoms with E-state index < -0.39 is 0 Å². The highest BCUT2D eigenvalue weighted by molar-refractivity contribution is 5.74. The number of hydrogen-bond donors (Lipinski definition) is 2. The van der Waals surface area contributed by atoms with Crippen LogP contribution in [-0.2, 0) is 0 Å². The number of rotatable bonds is 3. The Morgan fingerprint density at radius 3 is 2.40 bits per heavy atom. The number of hydrogen-bond acceptors (Lipinski definition) is 2. The molecule has 4 heteroatoms. The minimum absolute atomic E-state index is 0.0679. The molecule has 0 unspecified atom stereocenters. The van der Waals surface area contributed by atoms with Gasteiger partial charge in [0.1, 0.15) is 0 Å². The maximum atomic E-state index is 11.4. The molecule has 88 valence electrons. The van der Waals surface area contributed by atoms with Gasteiger partial charge in [0.05, 0.1) is 0 Å². The molecule has 1 heterocycles. The van der Waals surface area contributed by atoms with Gasteiger partial charge in [0.2, 0.25) is 0 Å². The number of likely N-dealkylation sites (tertiary alicyclic amines) is 1. The summed E-state index contributed by atoms with van der Waals surface area (Å²) in [7, 11) is 0. The first kappa shape index (κ1) is 12.3. The Bertz CT molecular complexity index is 204. The molecular weight excluding hydrogens is 190 g/mol. The summed E-state index contributed by atoms with van der Waals surface area (Å²) in [6, 6.07) is -0.0679. The number of nitrogens with one attached hydrogen (secondary N) is 2. The topological polar surface area (TPSA) is 44.4 Å². The largest absolute Gasteiger partial charge is 0.337 e. The average Bonchev–Trinajstić information content (AvgIpc) is 2.53. The third-order valence-corrected chi connectivity index (χ3v) is 2.40. The van der Waals surface area contributed by atoms with Crippen LogP contribution < -0.4 is 10.6 Å². The van der Waals surface area contributed by atoms with Gasteiger partial charge in [-0.3, -0.25) is 0 Å². The summed E-state index contributed by atoms with van der Waals surface area (Å²) in [5.41, 5.74) is -0.155. The fourth-order valence-electron chi connectivity index (χ4n) is 1.72. The van der Waals surface area contributed by atoms with E-state index in [9.17, 15) is 4.79 Å². The maximum Gasteiger partial charge on any atom is 0.315 e. The van der Waals surface area contributed by atoms with E-state index >= 15 is 0 Å². The summed E-state index contributed by atoms with van der Waals surface area (Å²) in [6.07, 6.45) is 2.60.